The topological polar surface area (TPSA) is 26.0 Å². The molecule has 0 unspecified atom stereocenters. The fraction of sp³-hybridized carbons (Fsp3) is 1.00. The van der Waals surface area contributed by atoms with Crippen molar-refractivity contribution < 1.29 is 0 Å². The maximum atomic E-state index is 4.50. The van der Waals surface area contributed by atoms with Crippen molar-refractivity contribution in [2.24, 2.45) is 5.73 Å². The second kappa shape index (κ2) is 25.4. The summed E-state index contributed by atoms with van der Waals surface area (Å²) in [5, 5.41) is 0. The molecule has 26 valence electrons. The molecule has 0 aromatic heterocycles. The van der Waals surface area contributed by atoms with E-state index >= 15 is 0 Å². The third-order valence-corrected chi connectivity index (χ3v) is 0. The Labute approximate surface area is 129 Å². The van der Waals surface area contributed by atoms with Crippen molar-refractivity contribution in [1.82, 2.24) is 0 Å². The second-order valence-corrected chi connectivity index (χ2v) is 0. The first-order chi connectivity index (χ1) is 1.00. The zero-order chi connectivity index (χ0) is 2.00. The zero-order valence-electron chi connectivity index (χ0n) is 3.46. The van der Waals surface area contributed by atoms with Crippen LogP contribution in [0.2, 0.25) is 0 Å². The Kier molecular flexibility index (Phi) is 119. The Morgan fingerprint density at radius 1 is 1.20 bits per heavy atom. The van der Waals surface area contributed by atoms with Crippen LogP contribution in [0.25, 0.3) is 0 Å². The van der Waals surface area contributed by atoms with Gasteiger partial charge < -0.3 is 5.73 Å². The SMILES string of the molecule is CN.[Cs].[I].[Pb]. The molecule has 6 radical (unpaired) electrons. The Bertz CT molecular complexity index is 11.6. The average molecular weight is 498 g/mol. The molecule has 0 aromatic rings. The predicted octanol–water partition coefficient (Wildman–Crippen LogP) is -0.301. The van der Waals surface area contributed by atoms with Gasteiger partial charge in [-0.1, -0.05) is 0 Å². The van der Waals surface area contributed by atoms with Crippen molar-refractivity contribution in [3.05, 3.63) is 0 Å². The van der Waals surface area contributed by atoms with Crippen LogP contribution in [0.4, 0.5) is 0 Å². The van der Waals surface area contributed by atoms with Crippen molar-refractivity contribution in [3.8, 4) is 0 Å². The number of nitrogens with two attached hydrogens (primary N) is 1. The van der Waals surface area contributed by atoms with Crippen LogP contribution in [-0.4, -0.2) is 103 Å². The smallest absolute Gasteiger partial charge is 0 e. The third kappa shape index (κ3) is 18.3. The van der Waals surface area contributed by atoms with Gasteiger partial charge in [0.1, 0.15) is 0 Å². The van der Waals surface area contributed by atoms with Gasteiger partial charge >= 0.3 is 0 Å². The van der Waals surface area contributed by atoms with E-state index in [9.17, 15) is 0 Å². The van der Waals surface area contributed by atoms with Gasteiger partial charge in [-0.2, -0.15) is 0 Å². The van der Waals surface area contributed by atoms with Gasteiger partial charge in [0.2, 0.25) is 0 Å². The van der Waals surface area contributed by atoms with Crippen molar-refractivity contribution in [1.29, 1.82) is 0 Å². The molecular formula is CH5CsINPb. The summed E-state index contributed by atoms with van der Waals surface area (Å²) < 4.78 is 0. The van der Waals surface area contributed by atoms with Crippen LogP contribution in [0.1, 0.15) is 0 Å². The largest absolute Gasteiger partial charge is 0.333 e. The number of hydrogen-bond acceptors (Lipinski definition) is 1. The molecule has 0 aliphatic carbocycles. The Morgan fingerprint density at radius 2 is 1.20 bits per heavy atom. The molecule has 0 atom stereocenters. The van der Waals surface area contributed by atoms with E-state index in [1.165, 1.54) is 7.05 Å². The quantitative estimate of drug-likeness (QED) is 0.361. The minimum absolute atomic E-state index is 0. The molecule has 0 bridgehead atoms. The van der Waals surface area contributed by atoms with E-state index in [-0.39, 0.29) is 120 Å². The predicted molar refractivity (Wildman–Crippen MR) is 35.6 cm³/mol. The van der Waals surface area contributed by atoms with E-state index in [0.29, 0.717) is 0 Å². The number of rotatable bonds is 0. The maximum Gasteiger partial charge on any atom is 0 e. The van der Waals surface area contributed by atoms with Crippen molar-refractivity contribution in [2.75, 3.05) is 7.05 Å². The van der Waals surface area contributed by atoms with Crippen LogP contribution in [0.5, 0.6) is 0 Å². The first-order valence-corrected chi connectivity index (χ1v) is 0.577. The van der Waals surface area contributed by atoms with Gasteiger partial charge in [-0.05, 0) is 7.05 Å². The van der Waals surface area contributed by atoms with Gasteiger partial charge in [0.25, 0.3) is 0 Å². The molecule has 0 spiro atoms. The monoisotopic (exact) mass is 499 g/mol. The minimum Gasteiger partial charge on any atom is -0.333 e. The average Bonchev–Trinajstić information content (AvgIpc) is 1.00. The molecule has 0 heterocycles. The van der Waals surface area contributed by atoms with E-state index in [1.807, 2.05) is 0 Å². The fourth-order valence-electron chi connectivity index (χ4n) is 0. The molecule has 4 heteroatoms. The first kappa shape index (κ1) is 23.4. The van der Waals surface area contributed by atoms with E-state index < -0.39 is 0 Å². The van der Waals surface area contributed by atoms with E-state index in [4.69, 9.17) is 0 Å². The molecule has 0 fully saturated rings. The van der Waals surface area contributed by atoms with Crippen LogP contribution in [0, 0.1) is 0 Å². The summed E-state index contributed by atoms with van der Waals surface area (Å²) >= 11 is 0. The fourth-order valence-corrected chi connectivity index (χ4v) is 0. The summed E-state index contributed by atoms with van der Waals surface area (Å²) in [6, 6.07) is 0. The van der Waals surface area contributed by atoms with E-state index in [0.717, 1.165) is 0 Å². The maximum absolute atomic E-state index is 4.50. The molecule has 5 heavy (non-hydrogen) atoms. The summed E-state index contributed by atoms with van der Waals surface area (Å²) in [6.07, 6.45) is 0. The molecule has 0 aromatic carbocycles. The molecule has 0 amide bonds. The first-order valence-electron chi connectivity index (χ1n) is 0.577. The molecule has 0 saturated carbocycles. The summed E-state index contributed by atoms with van der Waals surface area (Å²) in [5.74, 6) is 0. The zero-order valence-corrected chi connectivity index (χ0v) is 15.8. The van der Waals surface area contributed by atoms with Gasteiger partial charge in [-0.15, -0.1) is 0 Å². The van der Waals surface area contributed by atoms with Crippen LogP contribution in [0.15, 0.2) is 0 Å². The van der Waals surface area contributed by atoms with Gasteiger partial charge in [0.05, 0.1) is 0 Å². The summed E-state index contributed by atoms with van der Waals surface area (Å²) in [7, 11) is 1.50. The van der Waals surface area contributed by atoms with E-state index in [2.05, 4.69) is 5.73 Å². The van der Waals surface area contributed by atoms with Crippen LogP contribution in [-0.2, 0) is 0 Å². The molecule has 0 saturated heterocycles. The summed E-state index contributed by atoms with van der Waals surface area (Å²) in [6.45, 7) is 0. The third-order valence-electron chi connectivity index (χ3n) is 0. The van der Waals surface area contributed by atoms with Crippen molar-refractivity contribution in [2.45, 2.75) is 0 Å². The van der Waals surface area contributed by atoms with Crippen LogP contribution < -0.4 is 5.73 Å². The number of hydrogen-bond donors (Lipinski definition) is 1. The Morgan fingerprint density at radius 3 is 1.20 bits per heavy atom. The molecule has 2 N–H and O–H groups in total. The normalized spacial score (nSPS) is 1.20. The Balaban J connectivity index is -0.00000000167. The van der Waals surface area contributed by atoms with Gasteiger partial charge in [0, 0.05) is 120 Å². The number of halogens is 1. The van der Waals surface area contributed by atoms with Gasteiger partial charge in [-0.3, -0.25) is 0 Å². The van der Waals surface area contributed by atoms with Crippen molar-refractivity contribution >= 4 is 120 Å². The minimum atomic E-state index is 0. The van der Waals surface area contributed by atoms with E-state index in [1.54, 1.807) is 0 Å². The molecular weight excluding hydrogens is 493 g/mol. The van der Waals surface area contributed by atoms with Gasteiger partial charge in [0.15, 0.2) is 0 Å². The Hall–Kier alpha value is 3.66. The molecule has 1 nitrogen and oxygen atoms in total. The van der Waals surface area contributed by atoms with Crippen molar-refractivity contribution in [3.63, 3.8) is 0 Å². The standard InChI is InChI=1S/CH5N.Cs.I.Pb/c1-2;;;/h2H2,1H3;;;. The molecule has 0 aliphatic heterocycles. The van der Waals surface area contributed by atoms with Crippen LogP contribution in [0.3, 0.4) is 0 Å². The molecule has 0 aliphatic rings. The van der Waals surface area contributed by atoms with Gasteiger partial charge in [-0.25, -0.2) is 0 Å². The molecule has 0 rings (SSSR count). The summed E-state index contributed by atoms with van der Waals surface area (Å²) in [5.41, 5.74) is 4.50. The van der Waals surface area contributed by atoms with Crippen LogP contribution >= 0.6 is 24.0 Å². The summed E-state index contributed by atoms with van der Waals surface area (Å²) in [4.78, 5) is 0. The second-order valence-electron chi connectivity index (χ2n) is 0.